The van der Waals surface area contributed by atoms with Crippen LogP contribution in [0.4, 0.5) is 5.13 Å². The van der Waals surface area contributed by atoms with Gasteiger partial charge < -0.3 is 9.84 Å². The molecule has 2 rings (SSSR count). The van der Waals surface area contributed by atoms with Crippen molar-refractivity contribution in [3.8, 4) is 0 Å². The Morgan fingerprint density at radius 1 is 1.37 bits per heavy atom. The largest absolute Gasteiger partial charge is 0.361 e. The molecule has 19 heavy (non-hydrogen) atoms. The number of nitrogens with one attached hydrogen (secondary N) is 1. The molecule has 0 fully saturated rings. The van der Waals surface area contributed by atoms with Crippen molar-refractivity contribution in [3.63, 3.8) is 0 Å². The summed E-state index contributed by atoms with van der Waals surface area (Å²) in [6.45, 7) is 7.69. The average Bonchev–Trinajstić information content (AvgIpc) is 2.91. The van der Waals surface area contributed by atoms with Gasteiger partial charge in [-0.2, -0.15) is 0 Å². The summed E-state index contributed by atoms with van der Waals surface area (Å²) in [5.41, 5.74) is 1.57. The van der Waals surface area contributed by atoms with E-state index in [0.717, 1.165) is 16.3 Å². The average molecular weight is 280 g/mol. The van der Waals surface area contributed by atoms with Crippen LogP contribution < -0.4 is 5.32 Å². The molecular formula is C12H16N4O2S. The first-order valence-electron chi connectivity index (χ1n) is 6.02. The summed E-state index contributed by atoms with van der Waals surface area (Å²) in [5, 5.41) is 16.0. The molecule has 0 aliphatic heterocycles. The highest BCUT2D eigenvalue weighted by molar-refractivity contribution is 7.15. The minimum atomic E-state index is -0.138. The molecule has 1 N–H and O–H groups in total. The van der Waals surface area contributed by atoms with Gasteiger partial charge in [0.1, 0.15) is 10.8 Å². The van der Waals surface area contributed by atoms with Gasteiger partial charge in [-0.25, -0.2) is 0 Å². The van der Waals surface area contributed by atoms with Crippen LogP contribution in [-0.2, 0) is 11.2 Å². The maximum atomic E-state index is 11.9. The quantitative estimate of drug-likeness (QED) is 0.930. The molecule has 0 aliphatic carbocycles. The second-order valence-electron chi connectivity index (χ2n) is 4.63. The Morgan fingerprint density at radius 2 is 2.11 bits per heavy atom. The maximum Gasteiger partial charge on any atom is 0.230 e. The van der Waals surface area contributed by atoms with Gasteiger partial charge >= 0.3 is 0 Å². The van der Waals surface area contributed by atoms with Crippen molar-refractivity contribution >= 4 is 22.4 Å². The van der Waals surface area contributed by atoms with E-state index in [1.165, 1.54) is 11.3 Å². The first-order valence-corrected chi connectivity index (χ1v) is 6.84. The Kier molecular flexibility index (Phi) is 3.94. The van der Waals surface area contributed by atoms with Gasteiger partial charge in [0, 0.05) is 11.5 Å². The van der Waals surface area contributed by atoms with E-state index < -0.39 is 0 Å². The standard InChI is InChI=1S/C12H16N4O2S/c1-6(2)11-14-15-12(19-11)13-10(17)5-9-7(3)16-18-8(9)4/h6H,5H2,1-4H3,(H,13,15,17). The lowest BCUT2D eigenvalue weighted by molar-refractivity contribution is -0.115. The van der Waals surface area contributed by atoms with Gasteiger partial charge in [0.2, 0.25) is 11.0 Å². The summed E-state index contributed by atoms with van der Waals surface area (Å²) in [6, 6.07) is 0. The molecule has 2 aromatic heterocycles. The first kappa shape index (κ1) is 13.7. The highest BCUT2D eigenvalue weighted by Gasteiger charge is 2.15. The van der Waals surface area contributed by atoms with E-state index in [-0.39, 0.29) is 12.3 Å². The summed E-state index contributed by atoms with van der Waals surface area (Å²) in [6.07, 6.45) is 0.234. The van der Waals surface area contributed by atoms with Crippen LogP contribution in [0.2, 0.25) is 0 Å². The van der Waals surface area contributed by atoms with E-state index >= 15 is 0 Å². The van der Waals surface area contributed by atoms with Crippen LogP contribution in [-0.4, -0.2) is 21.3 Å². The van der Waals surface area contributed by atoms with E-state index in [1.807, 2.05) is 20.8 Å². The van der Waals surface area contributed by atoms with E-state index in [0.29, 0.717) is 16.8 Å². The van der Waals surface area contributed by atoms with Crippen molar-refractivity contribution in [3.05, 3.63) is 22.0 Å². The zero-order valence-corrected chi connectivity index (χ0v) is 12.2. The fourth-order valence-corrected chi connectivity index (χ4v) is 2.36. The van der Waals surface area contributed by atoms with Crippen molar-refractivity contribution in [2.24, 2.45) is 0 Å². The van der Waals surface area contributed by atoms with Crippen LogP contribution in [0.15, 0.2) is 4.52 Å². The number of hydrogen-bond acceptors (Lipinski definition) is 6. The molecule has 0 aliphatic rings. The summed E-state index contributed by atoms with van der Waals surface area (Å²) >= 11 is 1.40. The van der Waals surface area contributed by atoms with Crippen molar-refractivity contribution in [2.75, 3.05) is 5.32 Å². The maximum absolute atomic E-state index is 11.9. The molecule has 2 aromatic rings. The molecule has 102 valence electrons. The van der Waals surface area contributed by atoms with Crippen molar-refractivity contribution in [2.45, 2.75) is 40.0 Å². The van der Waals surface area contributed by atoms with Crippen LogP contribution in [0.25, 0.3) is 0 Å². The Balaban J connectivity index is 2.01. The third-order valence-corrected chi connectivity index (χ3v) is 3.84. The molecule has 0 saturated carbocycles. The Morgan fingerprint density at radius 3 is 2.63 bits per heavy atom. The smallest absolute Gasteiger partial charge is 0.230 e. The van der Waals surface area contributed by atoms with Gasteiger partial charge in [0.15, 0.2) is 0 Å². The number of amides is 1. The predicted octanol–water partition coefficient (Wildman–Crippen LogP) is 2.45. The topological polar surface area (TPSA) is 80.9 Å². The number of nitrogens with zero attached hydrogens (tertiary/aromatic N) is 3. The third kappa shape index (κ3) is 3.17. The molecule has 0 spiro atoms. The highest BCUT2D eigenvalue weighted by atomic mass is 32.1. The van der Waals surface area contributed by atoms with Crippen LogP contribution in [0, 0.1) is 13.8 Å². The highest BCUT2D eigenvalue weighted by Crippen LogP contribution is 2.22. The normalized spacial score (nSPS) is 11.0. The van der Waals surface area contributed by atoms with E-state index in [2.05, 4.69) is 20.7 Å². The molecule has 2 heterocycles. The number of rotatable bonds is 4. The third-order valence-electron chi connectivity index (χ3n) is 2.70. The number of aryl methyl sites for hydroxylation is 2. The number of carbonyl (C=O) groups excluding carboxylic acids is 1. The molecule has 0 aromatic carbocycles. The molecule has 0 unspecified atom stereocenters. The lowest BCUT2D eigenvalue weighted by atomic mass is 10.1. The Bertz CT molecular complexity index is 569. The van der Waals surface area contributed by atoms with Gasteiger partial charge in [-0.1, -0.05) is 30.3 Å². The van der Waals surface area contributed by atoms with Gasteiger partial charge in [-0.15, -0.1) is 10.2 Å². The number of aromatic nitrogens is 3. The minimum absolute atomic E-state index is 0.138. The molecule has 1 amide bonds. The van der Waals surface area contributed by atoms with Crippen molar-refractivity contribution < 1.29 is 9.32 Å². The second-order valence-corrected chi connectivity index (χ2v) is 5.64. The zero-order valence-electron chi connectivity index (χ0n) is 11.4. The number of anilines is 1. The lowest BCUT2D eigenvalue weighted by Crippen LogP contribution is -2.15. The summed E-state index contributed by atoms with van der Waals surface area (Å²) in [4.78, 5) is 11.9. The fraction of sp³-hybridized carbons (Fsp3) is 0.500. The lowest BCUT2D eigenvalue weighted by Gasteiger charge is -2.00. The predicted molar refractivity (Wildman–Crippen MR) is 72.3 cm³/mol. The molecule has 0 saturated heterocycles. The Hall–Kier alpha value is -1.76. The van der Waals surface area contributed by atoms with Gasteiger partial charge in [-0.3, -0.25) is 4.79 Å². The van der Waals surface area contributed by atoms with Crippen molar-refractivity contribution in [1.82, 2.24) is 15.4 Å². The van der Waals surface area contributed by atoms with Crippen LogP contribution in [0.1, 0.15) is 41.8 Å². The summed E-state index contributed by atoms with van der Waals surface area (Å²) < 4.78 is 5.03. The van der Waals surface area contributed by atoms with Gasteiger partial charge in [-0.05, 0) is 13.8 Å². The summed E-state index contributed by atoms with van der Waals surface area (Å²) in [5.74, 6) is 0.847. The SMILES string of the molecule is Cc1noc(C)c1CC(=O)Nc1nnc(C(C)C)s1. The molecule has 6 nitrogen and oxygen atoms in total. The Labute approximate surface area is 115 Å². The summed E-state index contributed by atoms with van der Waals surface area (Å²) in [7, 11) is 0. The first-order chi connectivity index (χ1) is 8.97. The molecule has 0 bridgehead atoms. The second kappa shape index (κ2) is 5.48. The van der Waals surface area contributed by atoms with Gasteiger partial charge in [0.25, 0.3) is 0 Å². The van der Waals surface area contributed by atoms with Crippen LogP contribution >= 0.6 is 11.3 Å². The van der Waals surface area contributed by atoms with Crippen LogP contribution in [0.5, 0.6) is 0 Å². The van der Waals surface area contributed by atoms with E-state index in [4.69, 9.17) is 4.52 Å². The van der Waals surface area contributed by atoms with E-state index in [1.54, 1.807) is 6.92 Å². The number of carbonyl (C=O) groups is 1. The van der Waals surface area contributed by atoms with Crippen molar-refractivity contribution in [1.29, 1.82) is 0 Å². The molecule has 0 atom stereocenters. The monoisotopic (exact) mass is 280 g/mol. The molecule has 7 heteroatoms. The van der Waals surface area contributed by atoms with E-state index in [9.17, 15) is 4.79 Å². The van der Waals surface area contributed by atoms with Crippen LogP contribution in [0.3, 0.4) is 0 Å². The van der Waals surface area contributed by atoms with Gasteiger partial charge in [0.05, 0.1) is 12.1 Å². The molecular weight excluding hydrogens is 264 g/mol. The fourth-order valence-electron chi connectivity index (χ4n) is 1.60. The number of hydrogen-bond donors (Lipinski definition) is 1. The zero-order chi connectivity index (χ0) is 14.0. The minimum Gasteiger partial charge on any atom is -0.361 e. The molecule has 0 radical (unpaired) electrons.